The molecule has 174 valence electrons. The summed E-state index contributed by atoms with van der Waals surface area (Å²) in [5.41, 5.74) is 2.12. The Balaban J connectivity index is 0.000000415. The molecule has 0 atom stereocenters. The van der Waals surface area contributed by atoms with E-state index in [-0.39, 0.29) is 13.0 Å². The fourth-order valence-electron chi connectivity index (χ4n) is 2.67. The second-order valence-corrected chi connectivity index (χ2v) is 8.07. The van der Waals surface area contributed by atoms with Gasteiger partial charge in [-0.25, -0.2) is 0 Å². The summed E-state index contributed by atoms with van der Waals surface area (Å²) < 4.78 is 7.06. The second kappa shape index (κ2) is 16.3. The fourth-order valence-corrected chi connectivity index (χ4v) is 3.65. The maximum atomic E-state index is 10.5. The van der Waals surface area contributed by atoms with E-state index in [0.717, 1.165) is 23.3 Å². The minimum Gasteiger partial charge on any atom is -0.488 e. The monoisotopic (exact) mass is 464 g/mol. The number of carboxylic acid groups (broad SMARTS) is 1. The third-order valence-corrected chi connectivity index (χ3v) is 5.68. The van der Waals surface area contributed by atoms with Gasteiger partial charge < -0.3 is 14.9 Å². The quantitative estimate of drug-likeness (QED) is 0.290. The molecule has 4 nitrogen and oxygen atoms in total. The number of rotatable bonds is 8. The van der Waals surface area contributed by atoms with Crippen LogP contribution < -0.4 is 4.74 Å². The van der Waals surface area contributed by atoms with Gasteiger partial charge in [0.15, 0.2) is 0 Å². The van der Waals surface area contributed by atoms with Crippen molar-refractivity contribution >= 4 is 27.4 Å². The highest BCUT2D eigenvalue weighted by Crippen LogP contribution is 2.26. The number of ether oxygens (including phenoxy) is 1. The molecule has 0 aliphatic rings. The summed E-state index contributed by atoms with van der Waals surface area (Å²) in [4.78, 5) is 11.7. The lowest BCUT2D eigenvalue weighted by atomic mass is 10.1. The molecule has 2 aromatic carbocycles. The lowest BCUT2D eigenvalue weighted by Crippen LogP contribution is -1.97. The van der Waals surface area contributed by atoms with Crippen molar-refractivity contribution in [1.29, 1.82) is 0 Å². The summed E-state index contributed by atoms with van der Waals surface area (Å²) >= 11 is 1.74. The molecule has 2 N–H and O–H groups in total. The van der Waals surface area contributed by atoms with Gasteiger partial charge >= 0.3 is 5.97 Å². The summed E-state index contributed by atoms with van der Waals surface area (Å²) in [6.45, 7) is 7.98. The molecule has 0 aliphatic carbocycles. The first-order chi connectivity index (χ1) is 16.0. The number of aliphatic carboxylic acids is 1. The summed E-state index contributed by atoms with van der Waals surface area (Å²) in [5, 5.41) is 18.4. The highest BCUT2D eigenvalue weighted by Gasteiger charge is 2.03. The highest BCUT2D eigenvalue weighted by molar-refractivity contribution is 7.19. The van der Waals surface area contributed by atoms with Crippen molar-refractivity contribution in [2.24, 2.45) is 0 Å². The minimum atomic E-state index is -0.773. The number of thiophene rings is 1. The van der Waals surface area contributed by atoms with Crippen LogP contribution >= 0.6 is 11.3 Å². The van der Waals surface area contributed by atoms with E-state index >= 15 is 0 Å². The number of fused-ring (bicyclic) bond motifs is 1. The molecule has 0 unspecified atom stereocenters. The van der Waals surface area contributed by atoms with E-state index in [2.05, 4.69) is 37.1 Å². The predicted octanol–water partition coefficient (Wildman–Crippen LogP) is 6.64. The van der Waals surface area contributed by atoms with Crippen LogP contribution in [-0.2, 0) is 17.8 Å². The Labute approximate surface area is 200 Å². The number of aliphatic hydroxyl groups excluding tert-OH is 1. The first kappa shape index (κ1) is 27.7. The van der Waals surface area contributed by atoms with Crippen LogP contribution in [0.15, 0.2) is 78.9 Å². The third kappa shape index (κ3) is 11.2. The van der Waals surface area contributed by atoms with Crippen LogP contribution in [-0.4, -0.2) is 22.8 Å². The number of terminal acetylenes is 1. The van der Waals surface area contributed by atoms with Gasteiger partial charge in [0.1, 0.15) is 12.4 Å². The first-order valence-electron chi connectivity index (χ1n) is 10.7. The molecule has 0 saturated carbocycles. The molecule has 0 spiro atoms. The Hall–Kier alpha value is -3.33. The van der Waals surface area contributed by atoms with E-state index in [1.165, 1.54) is 21.0 Å². The molecule has 3 aromatic rings. The zero-order valence-corrected chi connectivity index (χ0v) is 20.1. The van der Waals surface area contributed by atoms with Crippen LogP contribution in [0.1, 0.15) is 37.1 Å². The Morgan fingerprint density at radius 2 is 1.88 bits per heavy atom. The molecule has 1 aromatic heterocycles. The summed E-state index contributed by atoms with van der Waals surface area (Å²) in [7, 11) is 0. The summed E-state index contributed by atoms with van der Waals surface area (Å²) in [5.74, 6) is 2.22. The lowest BCUT2D eigenvalue weighted by molar-refractivity contribution is -0.136. The average Bonchev–Trinajstić information content (AvgIpc) is 3.27. The molecular formula is C28H32O4S. The lowest BCUT2D eigenvalue weighted by Gasteiger charge is -2.05. The van der Waals surface area contributed by atoms with Gasteiger partial charge in [0.2, 0.25) is 0 Å². The van der Waals surface area contributed by atoms with Crippen LogP contribution in [0.4, 0.5) is 0 Å². The molecule has 1 heterocycles. The van der Waals surface area contributed by atoms with Crippen molar-refractivity contribution in [3.8, 4) is 18.1 Å². The van der Waals surface area contributed by atoms with Gasteiger partial charge in [-0.3, -0.25) is 4.79 Å². The Morgan fingerprint density at radius 3 is 2.36 bits per heavy atom. The van der Waals surface area contributed by atoms with E-state index < -0.39 is 5.97 Å². The average molecular weight is 465 g/mol. The number of aryl methyl sites for hydroxylation is 1. The van der Waals surface area contributed by atoms with Crippen LogP contribution in [0.5, 0.6) is 5.75 Å². The van der Waals surface area contributed by atoms with Gasteiger partial charge in [0, 0.05) is 16.0 Å². The van der Waals surface area contributed by atoms with E-state index in [9.17, 15) is 4.79 Å². The van der Waals surface area contributed by atoms with E-state index in [1.54, 1.807) is 11.3 Å². The molecule has 0 bridgehead atoms. The highest BCUT2D eigenvalue weighted by atomic mass is 32.1. The molecule has 5 heteroatoms. The minimum absolute atomic E-state index is 0.155. The number of aliphatic hydroxyl groups is 1. The van der Waals surface area contributed by atoms with E-state index in [0.29, 0.717) is 13.0 Å². The molecule has 3 rings (SSSR count). The number of carboxylic acids is 1. The standard InChI is InChI=1S/C18H16O3S.C6H12O.C4H4/c19-18(20)10-7-13-5-8-15(9-6-13)21-12-16-11-14-3-1-2-4-17(14)22-16;1-3-6(4-2)5-7;1-3-4-2/h1-6,8-9,11H,7,10,12H2,(H,19,20);3,7H,4-5H2,1-2H3;1,4H,2H2/b;6-3+;. The Morgan fingerprint density at radius 1 is 1.21 bits per heavy atom. The van der Waals surface area contributed by atoms with E-state index in [1.807, 2.05) is 56.3 Å². The number of hydrogen-bond donors (Lipinski definition) is 2. The number of carbonyl (C=O) groups is 1. The predicted molar refractivity (Wildman–Crippen MR) is 139 cm³/mol. The van der Waals surface area contributed by atoms with Crippen molar-refractivity contribution in [2.75, 3.05) is 6.61 Å². The molecule has 0 aliphatic heterocycles. The summed E-state index contributed by atoms with van der Waals surface area (Å²) in [6, 6.07) is 18.1. The zero-order chi connectivity index (χ0) is 24.5. The molecule has 0 fully saturated rings. The summed E-state index contributed by atoms with van der Waals surface area (Å²) in [6.07, 6.45) is 9.67. The van der Waals surface area contributed by atoms with Gasteiger partial charge in [0.25, 0.3) is 0 Å². The number of allylic oxidation sites excluding steroid dienone is 2. The molecule has 0 radical (unpaired) electrons. The zero-order valence-electron chi connectivity index (χ0n) is 19.3. The van der Waals surface area contributed by atoms with Crippen molar-refractivity contribution in [2.45, 2.75) is 39.7 Å². The number of hydrogen-bond acceptors (Lipinski definition) is 4. The molecule has 0 saturated heterocycles. The van der Waals surface area contributed by atoms with Gasteiger partial charge in [-0.1, -0.05) is 55.8 Å². The maximum absolute atomic E-state index is 10.5. The smallest absolute Gasteiger partial charge is 0.303 e. The second-order valence-electron chi connectivity index (χ2n) is 6.91. The molecule has 33 heavy (non-hydrogen) atoms. The van der Waals surface area contributed by atoms with Crippen molar-refractivity contribution in [1.82, 2.24) is 0 Å². The number of benzene rings is 2. The first-order valence-corrected chi connectivity index (χ1v) is 11.5. The van der Waals surface area contributed by atoms with Crippen LogP contribution in [0.2, 0.25) is 0 Å². The van der Waals surface area contributed by atoms with Crippen molar-refractivity contribution in [3.63, 3.8) is 0 Å². The van der Waals surface area contributed by atoms with Crippen molar-refractivity contribution < 1.29 is 19.7 Å². The normalized spacial score (nSPS) is 10.2. The van der Waals surface area contributed by atoms with Crippen LogP contribution in [0.3, 0.4) is 0 Å². The van der Waals surface area contributed by atoms with Gasteiger partial charge in [-0.2, -0.15) is 0 Å². The maximum Gasteiger partial charge on any atom is 0.303 e. The Bertz CT molecular complexity index is 1020. The molecule has 0 amide bonds. The van der Waals surface area contributed by atoms with Gasteiger partial charge in [-0.05, 0) is 66.6 Å². The Kier molecular flexibility index (Phi) is 13.7. The fraction of sp³-hybridized carbons (Fsp3) is 0.250. The largest absolute Gasteiger partial charge is 0.488 e. The van der Waals surface area contributed by atoms with Gasteiger partial charge in [-0.15, -0.1) is 17.8 Å². The van der Waals surface area contributed by atoms with Crippen molar-refractivity contribution in [3.05, 3.63) is 89.3 Å². The van der Waals surface area contributed by atoms with Gasteiger partial charge in [0.05, 0.1) is 6.61 Å². The molecular weight excluding hydrogens is 432 g/mol. The SMILES string of the molecule is C#CC=C.C/C=C(\CC)CO.O=C(O)CCc1ccc(OCc2cc3ccccc3s2)cc1. The topological polar surface area (TPSA) is 66.8 Å². The van der Waals surface area contributed by atoms with Crippen LogP contribution in [0, 0.1) is 12.3 Å². The van der Waals surface area contributed by atoms with Crippen LogP contribution in [0.25, 0.3) is 10.1 Å². The van der Waals surface area contributed by atoms with E-state index in [4.69, 9.17) is 14.9 Å². The third-order valence-electron chi connectivity index (χ3n) is 4.59.